The summed E-state index contributed by atoms with van der Waals surface area (Å²) in [5, 5.41) is 2.76. The van der Waals surface area contributed by atoms with E-state index in [-0.39, 0.29) is 84.8 Å². The molecule has 0 aliphatic rings. The minimum atomic E-state index is -5.18. The van der Waals surface area contributed by atoms with E-state index in [0.29, 0.717) is 19.6 Å². The number of esters is 1. The minimum Gasteiger partial charge on any atom is -0.790 e. The van der Waals surface area contributed by atoms with Crippen LogP contribution in [0.1, 0.15) is 117 Å². The second-order valence-electron chi connectivity index (χ2n) is 9.43. The Balaban J connectivity index is -0.00000648. The van der Waals surface area contributed by atoms with Crippen molar-refractivity contribution in [3.63, 3.8) is 0 Å². The average Bonchev–Trinajstić information content (AvgIpc) is 2.83. The number of carbonyl (C=O) groups excluding carboxylic acids is 2. The molecule has 0 aromatic rings. The summed E-state index contributed by atoms with van der Waals surface area (Å²) >= 11 is 0. The van der Waals surface area contributed by atoms with Gasteiger partial charge in [-0.1, -0.05) is 84.0 Å². The van der Waals surface area contributed by atoms with Gasteiger partial charge in [-0.05, 0) is 19.3 Å². The van der Waals surface area contributed by atoms with Gasteiger partial charge in [0.25, 0.3) is 0 Å². The summed E-state index contributed by atoms with van der Waals surface area (Å²) in [6.45, 7) is 4.16. The number of phosphoric ester groups is 1. The summed E-state index contributed by atoms with van der Waals surface area (Å²) in [6.07, 6.45) is 15.6. The summed E-state index contributed by atoms with van der Waals surface area (Å²) in [4.78, 5) is 44.5. The van der Waals surface area contributed by atoms with E-state index in [2.05, 4.69) is 16.8 Å². The second-order valence-corrected chi connectivity index (χ2v) is 10.6. The monoisotopic (exact) mass is 597 g/mol. The number of ether oxygens (including phenoxy) is 3. The molecule has 0 aliphatic carbocycles. The largest absolute Gasteiger partial charge is 1.00 e. The van der Waals surface area contributed by atoms with Crippen LogP contribution in [0.3, 0.4) is 0 Å². The fourth-order valence-electron chi connectivity index (χ4n) is 3.71. The van der Waals surface area contributed by atoms with Crippen LogP contribution in [0.2, 0.25) is 0 Å². The normalized spacial score (nSPS) is 11.8. The summed E-state index contributed by atoms with van der Waals surface area (Å²) in [5.74, 6) is -0.482. The van der Waals surface area contributed by atoms with Gasteiger partial charge in [0.15, 0.2) is 0 Å². The van der Waals surface area contributed by atoms with E-state index in [4.69, 9.17) is 14.2 Å². The number of phosphoric acid groups is 1. The molecule has 0 aliphatic heterocycles. The molecule has 0 fully saturated rings. The molecule has 0 aromatic heterocycles. The molecule has 0 aromatic carbocycles. The number of carbonyl (C=O) groups is 2. The third-order valence-electron chi connectivity index (χ3n) is 5.76. The third kappa shape index (κ3) is 36.9. The number of unbranched alkanes of at least 4 members (excludes halogenated alkanes) is 13. The van der Waals surface area contributed by atoms with Crippen molar-refractivity contribution in [3.05, 3.63) is 0 Å². The Kier molecular flexibility index (Phi) is 36.3. The maximum atomic E-state index is 12.1. The Bertz CT molecular complexity index is 612. The summed E-state index contributed by atoms with van der Waals surface area (Å²) in [5.41, 5.74) is 0. The van der Waals surface area contributed by atoms with Crippen LogP contribution < -0.4 is 74.2 Å². The molecule has 1 atom stereocenters. The third-order valence-corrected chi connectivity index (χ3v) is 6.23. The van der Waals surface area contributed by atoms with Gasteiger partial charge in [-0.25, -0.2) is 0 Å². The van der Waals surface area contributed by atoms with Crippen molar-refractivity contribution in [1.82, 2.24) is 5.32 Å². The Hall–Kier alpha value is 0.970. The molecule has 1 amide bonds. The van der Waals surface area contributed by atoms with Crippen molar-refractivity contribution >= 4 is 19.7 Å². The Morgan fingerprint density at radius 1 is 0.769 bits per heavy atom. The van der Waals surface area contributed by atoms with Crippen LogP contribution in [0.5, 0.6) is 0 Å². The van der Waals surface area contributed by atoms with Gasteiger partial charge in [-0.2, -0.15) is 0 Å². The van der Waals surface area contributed by atoms with E-state index < -0.39 is 26.5 Å². The zero-order valence-corrected chi connectivity index (χ0v) is 29.9. The minimum absolute atomic E-state index is 0. The summed E-state index contributed by atoms with van der Waals surface area (Å²) in [6, 6.07) is 0. The predicted octanol–water partition coefficient (Wildman–Crippen LogP) is -1.86. The van der Waals surface area contributed by atoms with Gasteiger partial charge in [0, 0.05) is 26.5 Å². The molecule has 0 radical (unpaired) electrons. The van der Waals surface area contributed by atoms with Crippen molar-refractivity contribution in [2.24, 2.45) is 0 Å². The molecule has 0 saturated heterocycles. The van der Waals surface area contributed by atoms with Crippen molar-refractivity contribution in [1.29, 1.82) is 0 Å². The predicted molar refractivity (Wildman–Crippen MR) is 138 cm³/mol. The van der Waals surface area contributed by atoms with Gasteiger partial charge >= 0.3 is 65.1 Å². The Morgan fingerprint density at radius 3 is 1.87 bits per heavy atom. The van der Waals surface area contributed by atoms with Gasteiger partial charge < -0.3 is 38.4 Å². The summed E-state index contributed by atoms with van der Waals surface area (Å²) < 4.78 is 31.1. The molecule has 0 heterocycles. The first kappa shape index (κ1) is 44.4. The van der Waals surface area contributed by atoms with Gasteiger partial charge in [0.2, 0.25) is 5.91 Å². The first-order chi connectivity index (χ1) is 17.7. The first-order valence-corrected chi connectivity index (χ1v) is 15.5. The van der Waals surface area contributed by atoms with Crippen LogP contribution in [-0.2, 0) is 32.9 Å². The molecule has 0 rings (SSSR count). The maximum absolute atomic E-state index is 12.1. The molecule has 13 heteroatoms. The van der Waals surface area contributed by atoms with Crippen LogP contribution in [0.4, 0.5) is 0 Å². The van der Waals surface area contributed by atoms with Crippen LogP contribution in [0.25, 0.3) is 0 Å². The smallest absolute Gasteiger partial charge is 0.790 e. The van der Waals surface area contributed by atoms with E-state index in [1.165, 1.54) is 45.4 Å². The first-order valence-electron chi connectivity index (χ1n) is 14.0. The molecule has 220 valence electrons. The van der Waals surface area contributed by atoms with Crippen molar-refractivity contribution < 1.29 is 102 Å². The number of hydrogen-bond donors (Lipinski definition) is 1. The van der Waals surface area contributed by atoms with E-state index in [1.54, 1.807) is 0 Å². The van der Waals surface area contributed by atoms with E-state index >= 15 is 0 Å². The van der Waals surface area contributed by atoms with Crippen LogP contribution in [-0.4, -0.2) is 51.1 Å². The van der Waals surface area contributed by atoms with Crippen LogP contribution >= 0.6 is 7.82 Å². The molecule has 0 spiro atoms. The SMILES string of the molecule is CCCCCCCCCCCCC(=O)O[C@@H](COCOCCCCCCCNC(C)=O)COP(=O)([O-])[O-].[Na+].[Na+]. The molecule has 39 heavy (non-hydrogen) atoms. The van der Waals surface area contributed by atoms with Crippen molar-refractivity contribution in [2.75, 3.05) is 33.2 Å². The molecular formula is C26H50NNa2O9P. The van der Waals surface area contributed by atoms with Crippen molar-refractivity contribution in [3.8, 4) is 0 Å². The standard InChI is InChI=1S/C26H52NO9P.2Na/c1-3-4-5-6-7-8-9-10-12-15-18-26(29)36-25(22-35-37(30,31)32)21-34-23-33-20-17-14-11-13-16-19-27-24(2)28;;/h25H,3-23H2,1-2H3,(H,27,28)(H2,30,31,32);;/q;2*+1/p-2/t25-;;/m0../s1. The van der Waals surface area contributed by atoms with Gasteiger partial charge in [-0.15, -0.1) is 0 Å². The van der Waals surface area contributed by atoms with Crippen molar-refractivity contribution in [2.45, 2.75) is 123 Å². The number of hydrogen-bond acceptors (Lipinski definition) is 9. The van der Waals surface area contributed by atoms with E-state index in [1.807, 2.05) is 0 Å². The Morgan fingerprint density at radius 2 is 1.31 bits per heavy atom. The zero-order valence-electron chi connectivity index (χ0n) is 25.0. The quantitative estimate of drug-likeness (QED) is 0.0379. The maximum Gasteiger partial charge on any atom is 1.00 e. The van der Waals surface area contributed by atoms with E-state index in [9.17, 15) is 23.9 Å². The molecule has 10 nitrogen and oxygen atoms in total. The molecule has 1 N–H and O–H groups in total. The average molecular weight is 598 g/mol. The second kappa shape index (κ2) is 31.9. The molecular weight excluding hydrogens is 547 g/mol. The fraction of sp³-hybridized carbons (Fsp3) is 0.923. The fourth-order valence-corrected chi connectivity index (χ4v) is 4.06. The zero-order chi connectivity index (χ0) is 27.6. The molecule has 0 saturated carbocycles. The Labute approximate surface area is 280 Å². The molecule has 0 bridgehead atoms. The van der Waals surface area contributed by atoms with Crippen LogP contribution in [0.15, 0.2) is 0 Å². The number of rotatable bonds is 27. The topological polar surface area (TPSA) is 146 Å². The van der Waals surface area contributed by atoms with Gasteiger partial charge in [0.05, 0.1) is 21.0 Å². The molecule has 0 unspecified atom stereocenters. The number of amides is 1. The van der Waals surface area contributed by atoms with Crippen LogP contribution in [0, 0.1) is 0 Å². The number of nitrogens with one attached hydrogen (secondary N) is 1. The summed E-state index contributed by atoms with van der Waals surface area (Å²) in [7, 11) is -5.18. The van der Waals surface area contributed by atoms with E-state index in [0.717, 1.165) is 51.4 Å². The van der Waals surface area contributed by atoms with Gasteiger partial charge in [-0.3, -0.25) is 9.59 Å². The van der Waals surface area contributed by atoms with Gasteiger partial charge in [0.1, 0.15) is 12.9 Å².